The highest BCUT2D eigenvalue weighted by molar-refractivity contribution is 6.05. The Morgan fingerprint density at radius 2 is 1.88 bits per heavy atom. The molecule has 0 saturated carbocycles. The number of hydroxylamine groups is 2. The molecule has 2 N–H and O–H groups in total. The highest BCUT2D eigenvalue weighted by Crippen LogP contribution is 2.35. The number of aromatic amines is 1. The molecule has 0 bridgehead atoms. The van der Waals surface area contributed by atoms with E-state index in [1.165, 1.54) is 23.4 Å². The van der Waals surface area contributed by atoms with E-state index < -0.39 is 11.9 Å². The van der Waals surface area contributed by atoms with E-state index in [1.54, 1.807) is 43.4 Å². The summed E-state index contributed by atoms with van der Waals surface area (Å²) < 4.78 is 20.6. The Morgan fingerprint density at radius 1 is 1.12 bits per heavy atom. The van der Waals surface area contributed by atoms with Gasteiger partial charge in [-0.3, -0.25) is 4.79 Å². The zero-order valence-electron chi connectivity index (χ0n) is 24.2. The van der Waals surface area contributed by atoms with Gasteiger partial charge in [-0.15, -0.1) is 5.06 Å². The van der Waals surface area contributed by atoms with Gasteiger partial charge in [-0.2, -0.15) is 0 Å². The summed E-state index contributed by atoms with van der Waals surface area (Å²) in [5.74, 6) is -0.202. The molecule has 0 saturated heterocycles. The van der Waals surface area contributed by atoms with Crippen LogP contribution in [0.3, 0.4) is 0 Å². The van der Waals surface area contributed by atoms with Crippen LogP contribution in [0, 0.1) is 12.7 Å². The maximum Gasteiger partial charge on any atom is 0.428 e. The number of aromatic nitrogens is 3. The number of nitrogens with zero attached hydrogens (tertiary/aromatic N) is 4. The van der Waals surface area contributed by atoms with Crippen molar-refractivity contribution in [3.8, 4) is 17.0 Å². The van der Waals surface area contributed by atoms with Crippen LogP contribution in [0.15, 0.2) is 54.9 Å². The molecular weight excluding hydrogens is 539 g/mol. The number of halogens is 1. The summed E-state index contributed by atoms with van der Waals surface area (Å²) >= 11 is 0. The van der Waals surface area contributed by atoms with Crippen molar-refractivity contribution in [2.24, 2.45) is 0 Å². The number of amides is 2. The second-order valence-electron chi connectivity index (χ2n) is 10.6. The lowest BCUT2D eigenvalue weighted by atomic mass is 10.00. The zero-order valence-corrected chi connectivity index (χ0v) is 24.2. The Bertz CT molecular complexity index is 1660. The van der Waals surface area contributed by atoms with E-state index in [4.69, 9.17) is 9.57 Å². The standard InChI is InChI=1S/C31H33FN6O4/c1-18(2)41-23-8-6-21(7-9-23)30(39)36-26-15-22(32)14-24(19(26)3)28-25-16-27(35-29(25)34-17-33-28)20-10-12-38(13-11-20)42-31(40)37(4)5/h6-10,14-18H,11-13H2,1-5H3,(H,36,39)(H,33,34,35). The molecule has 0 fully saturated rings. The van der Waals surface area contributed by atoms with Crippen molar-refractivity contribution >= 4 is 34.3 Å². The molecule has 0 unspecified atom stereocenters. The first-order valence-corrected chi connectivity index (χ1v) is 13.6. The number of H-pyrrole nitrogens is 1. The second-order valence-corrected chi connectivity index (χ2v) is 10.6. The minimum absolute atomic E-state index is 0.0202. The molecule has 1 aliphatic rings. The predicted molar refractivity (Wildman–Crippen MR) is 159 cm³/mol. The maximum absolute atomic E-state index is 14.9. The van der Waals surface area contributed by atoms with Gasteiger partial charge >= 0.3 is 6.09 Å². The molecule has 10 nitrogen and oxygen atoms in total. The van der Waals surface area contributed by atoms with Crippen molar-refractivity contribution < 1.29 is 23.6 Å². The van der Waals surface area contributed by atoms with Gasteiger partial charge in [0.1, 0.15) is 23.5 Å². The first kappa shape index (κ1) is 28.7. The van der Waals surface area contributed by atoms with Crippen molar-refractivity contribution in [1.29, 1.82) is 0 Å². The SMILES string of the molecule is Cc1c(NC(=O)c2ccc(OC(C)C)cc2)cc(F)cc1-c1ncnc2[nH]c(C3=CCN(OC(=O)N(C)C)CC3)cc12. The first-order chi connectivity index (χ1) is 20.1. The minimum Gasteiger partial charge on any atom is -0.491 e. The summed E-state index contributed by atoms with van der Waals surface area (Å²) in [6.07, 6.45) is 3.67. The number of benzene rings is 2. The fourth-order valence-electron chi connectivity index (χ4n) is 4.70. The van der Waals surface area contributed by atoms with Crippen molar-refractivity contribution in [1.82, 2.24) is 24.9 Å². The molecule has 1 aliphatic heterocycles. The quantitative estimate of drug-likeness (QED) is 0.287. The second kappa shape index (κ2) is 12.0. The molecule has 2 amide bonds. The van der Waals surface area contributed by atoms with Crippen LogP contribution in [-0.2, 0) is 4.84 Å². The molecule has 3 heterocycles. The molecule has 5 rings (SSSR count). The fourth-order valence-corrected chi connectivity index (χ4v) is 4.70. The molecule has 11 heteroatoms. The fraction of sp³-hybridized carbons (Fsp3) is 0.290. The molecule has 0 atom stereocenters. The molecule has 2 aromatic heterocycles. The van der Waals surface area contributed by atoms with Crippen LogP contribution in [-0.4, -0.2) is 70.2 Å². The van der Waals surface area contributed by atoms with Crippen LogP contribution in [0.5, 0.6) is 5.75 Å². The lowest BCUT2D eigenvalue weighted by molar-refractivity contribution is -0.101. The number of hydrogen-bond acceptors (Lipinski definition) is 7. The summed E-state index contributed by atoms with van der Waals surface area (Å²) in [4.78, 5) is 43.8. The van der Waals surface area contributed by atoms with E-state index in [-0.39, 0.29) is 12.0 Å². The van der Waals surface area contributed by atoms with Crippen LogP contribution < -0.4 is 10.1 Å². The smallest absolute Gasteiger partial charge is 0.428 e. The Morgan fingerprint density at radius 3 is 2.55 bits per heavy atom. The van der Waals surface area contributed by atoms with E-state index in [0.717, 1.165) is 16.7 Å². The van der Waals surface area contributed by atoms with Gasteiger partial charge in [0, 0.05) is 48.5 Å². The lowest BCUT2D eigenvalue weighted by Gasteiger charge is -2.25. The van der Waals surface area contributed by atoms with Gasteiger partial charge < -0.3 is 24.8 Å². The molecule has 218 valence electrons. The van der Waals surface area contributed by atoms with Gasteiger partial charge in [0.2, 0.25) is 0 Å². The number of rotatable bonds is 7. The van der Waals surface area contributed by atoms with E-state index in [2.05, 4.69) is 20.3 Å². The van der Waals surface area contributed by atoms with Crippen LogP contribution in [0.4, 0.5) is 14.9 Å². The third kappa shape index (κ3) is 6.26. The molecule has 0 radical (unpaired) electrons. The highest BCUT2D eigenvalue weighted by atomic mass is 19.1. The van der Waals surface area contributed by atoms with Gasteiger partial charge in [0.15, 0.2) is 0 Å². The molecule has 0 aliphatic carbocycles. The van der Waals surface area contributed by atoms with E-state index in [9.17, 15) is 14.0 Å². The van der Waals surface area contributed by atoms with E-state index >= 15 is 0 Å². The monoisotopic (exact) mass is 572 g/mol. The zero-order chi connectivity index (χ0) is 30.0. The van der Waals surface area contributed by atoms with Gasteiger partial charge in [-0.05, 0) is 80.8 Å². The Kier molecular flexibility index (Phi) is 8.21. The van der Waals surface area contributed by atoms with Gasteiger partial charge in [-0.1, -0.05) is 6.08 Å². The van der Waals surface area contributed by atoms with E-state index in [1.807, 2.05) is 32.9 Å². The number of anilines is 1. The summed E-state index contributed by atoms with van der Waals surface area (Å²) in [7, 11) is 3.27. The Hall–Kier alpha value is -4.77. The molecule has 0 spiro atoms. The number of nitrogens with one attached hydrogen (secondary N) is 2. The van der Waals surface area contributed by atoms with Crippen LogP contribution in [0.2, 0.25) is 0 Å². The number of hydrogen-bond donors (Lipinski definition) is 2. The van der Waals surface area contributed by atoms with Gasteiger partial charge in [-0.25, -0.2) is 19.2 Å². The number of fused-ring (bicyclic) bond motifs is 1. The van der Waals surface area contributed by atoms with E-state index in [0.29, 0.717) is 59.0 Å². The summed E-state index contributed by atoms with van der Waals surface area (Å²) in [6.45, 7) is 6.66. The molecule has 42 heavy (non-hydrogen) atoms. The lowest BCUT2D eigenvalue weighted by Crippen LogP contribution is -2.35. The number of carbonyl (C=O) groups excluding carboxylic acids is 2. The van der Waals surface area contributed by atoms with Gasteiger partial charge in [0.05, 0.1) is 18.3 Å². The average Bonchev–Trinajstić information content (AvgIpc) is 3.40. The topological polar surface area (TPSA) is 113 Å². The number of carbonyl (C=O) groups is 2. The minimum atomic E-state index is -0.503. The third-order valence-electron chi connectivity index (χ3n) is 6.88. The average molecular weight is 573 g/mol. The number of ether oxygens (including phenoxy) is 1. The maximum atomic E-state index is 14.9. The van der Waals surface area contributed by atoms with Crippen molar-refractivity contribution in [2.45, 2.75) is 33.3 Å². The largest absolute Gasteiger partial charge is 0.491 e. The predicted octanol–water partition coefficient (Wildman–Crippen LogP) is 5.81. The third-order valence-corrected chi connectivity index (χ3v) is 6.88. The van der Waals surface area contributed by atoms with Crippen LogP contribution >= 0.6 is 0 Å². The highest BCUT2D eigenvalue weighted by Gasteiger charge is 2.21. The summed E-state index contributed by atoms with van der Waals surface area (Å²) in [5, 5.41) is 5.18. The first-order valence-electron chi connectivity index (χ1n) is 13.6. The summed E-state index contributed by atoms with van der Waals surface area (Å²) in [6, 6.07) is 11.5. The summed E-state index contributed by atoms with van der Waals surface area (Å²) in [5.41, 5.74) is 5.04. The molecule has 4 aromatic rings. The molecule has 2 aromatic carbocycles. The van der Waals surface area contributed by atoms with Crippen LogP contribution in [0.25, 0.3) is 27.9 Å². The Labute approximate surface area is 243 Å². The van der Waals surface area contributed by atoms with Crippen molar-refractivity contribution in [2.75, 3.05) is 32.5 Å². The Balaban J connectivity index is 1.40. The van der Waals surface area contributed by atoms with Crippen molar-refractivity contribution in [3.63, 3.8) is 0 Å². The normalized spacial score (nSPS) is 13.6. The molecular formula is C31H33FN6O4. The van der Waals surface area contributed by atoms with Crippen LogP contribution in [0.1, 0.15) is 41.9 Å². The van der Waals surface area contributed by atoms with Crippen molar-refractivity contribution in [3.05, 3.63) is 77.5 Å². The van der Waals surface area contributed by atoms with Gasteiger partial charge in [0.25, 0.3) is 5.91 Å².